The number of rotatable bonds is 0. The number of aryl methyl sites for hydroxylation is 1. The molecule has 2 rings (SSSR count). The maximum atomic E-state index is 4.07. The summed E-state index contributed by atoms with van der Waals surface area (Å²) in [6.07, 6.45) is 3.58. The van der Waals surface area contributed by atoms with E-state index in [4.69, 9.17) is 0 Å². The van der Waals surface area contributed by atoms with Crippen LogP contribution >= 0.6 is 0 Å². The zero-order chi connectivity index (χ0) is 7.84. The Morgan fingerprint density at radius 2 is 2.27 bits per heavy atom. The van der Waals surface area contributed by atoms with Gasteiger partial charge in [0.25, 0.3) is 0 Å². The SMILES string of the molecule is Cc1nnc2c([SeH])nccn12. The van der Waals surface area contributed by atoms with Crippen LogP contribution in [0.4, 0.5) is 0 Å². The van der Waals surface area contributed by atoms with Gasteiger partial charge in [-0.05, 0) is 0 Å². The summed E-state index contributed by atoms with van der Waals surface area (Å²) in [6.45, 7) is 1.91. The monoisotopic (exact) mass is 214 g/mol. The van der Waals surface area contributed by atoms with Gasteiger partial charge in [-0.25, -0.2) is 0 Å². The quantitative estimate of drug-likeness (QED) is 0.525. The van der Waals surface area contributed by atoms with Crippen LogP contribution in [0.5, 0.6) is 0 Å². The average molecular weight is 213 g/mol. The van der Waals surface area contributed by atoms with Crippen molar-refractivity contribution in [1.29, 1.82) is 0 Å². The van der Waals surface area contributed by atoms with Gasteiger partial charge in [0.2, 0.25) is 0 Å². The fourth-order valence-corrected chi connectivity index (χ4v) is 1.39. The zero-order valence-corrected chi connectivity index (χ0v) is 7.77. The topological polar surface area (TPSA) is 43.1 Å². The molecule has 0 bridgehead atoms. The molecule has 11 heavy (non-hydrogen) atoms. The van der Waals surface area contributed by atoms with Gasteiger partial charge in [-0.3, -0.25) is 0 Å². The van der Waals surface area contributed by atoms with Crippen LogP contribution in [0.1, 0.15) is 5.82 Å². The van der Waals surface area contributed by atoms with E-state index in [-0.39, 0.29) is 0 Å². The molecule has 0 atom stereocenters. The van der Waals surface area contributed by atoms with Crippen molar-refractivity contribution in [1.82, 2.24) is 19.6 Å². The number of hydrogen-bond donors (Lipinski definition) is 0. The van der Waals surface area contributed by atoms with Crippen LogP contribution in [0.15, 0.2) is 12.4 Å². The molecule has 0 fully saturated rings. The normalized spacial score (nSPS) is 10.7. The van der Waals surface area contributed by atoms with Crippen LogP contribution in [-0.2, 0) is 0 Å². The first kappa shape index (κ1) is 6.76. The van der Waals surface area contributed by atoms with Gasteiger partial charge in [-0.2, -0.15) is 0 Å². The molecule has 2 aromatic rings. The summed E-state index contributed by atoms with van der Waals surface area (Å²) in [5, 5.41) is 7.87. The molecular formula is C6H6N4Se. The van der Waals surface area contributed by atoms with Gasteiger partial charge < -0.3 is 0 Å². The Hall–Kier alpha value is -0.931. The van der Waals surface area contributed by atoms with Gasteiger partial charge in [0.1, 0.15) is 0 Å². The molecule has 56 valence electrons. The molecule has 0 unspecified atom stereocenters. The summed E-state index contributed by atoms with van der Waals surface area (Å²) < 4.78 is 2.75. The van der Waals surface area contributed by atoms with Crippen LogP contribution in [0.3, 0.4) is 0 Å². The molecule has 0 N–H and O–H groups in total. The van der Waals surface area contributed by atoms with Crippen LogP contribution in [-0.4, -0.2) is 35.6 Å². The van der Waals surface area contributed by atoms with Crippen molar-refractivity contribution in [3.63, 3.8) is 0 Å². The average Bonchev–Trinajstić information content (AvgIpc) is 2.35. The molecular weight excluding hydrogens is 207 g/mol. The minimum absolute atomic E-state index is 0.810. The molecule has 2 heterocycles. The summed E-state index contributed by atoms with van der Waals surface area (Å²) in [5.74, 6) is 0.884. The molecule has 0 aliphatic rings. The summed E-state index contributed by atoms with van der Waals surface area (Å²) in [4.78, 5) is 4.07. The van der Waals surface area contributed by atoms with E-state index in [1.165, 1.54) is 0 Å². The van der Waals surface area contributed by atoms with Crippen LogP contribution in [0, 0.1) is 6.92 Å². The van der Waals surface area contributed by atoms with E-state index in [2.05, 4.69) is 31.2 Å². The van der Waals surface area contributed by atoms with Crippen molar-refractivity contribution in [2.45, 2.75) is 6.92 Å². The summed E-state index contributed by atoms with van der Waals surface area (Å²) in [5.41, 5.74) is 0.810. The second-order valence-corrected chi connectivity index (χ2v) is 3.08. The van der Waals surface area contributed by atoms with E-state index in [9.17, 15) is 0 Å². The second-order valence-electron chi connectivity index (χ2n) is 2.19. The molecule has 0 saturated heterocycles. The van der Waals surface area contributed by atoms with Gasteiger partial charge in [0.15, 0.2) is 0 Å². The first-order valence-electron chi connectivity index (χ1n) is 3.14. The minimum atomic E-state index is 0.810. The predicted molar refractivity (Wildman–Crippen MR) is 42.3 cm³/mol. The van der Waals surface area contributed by atoms with Crippen molar-refractivity contribution >= 4 is 26.3 Å². The second kappa shape index (κ2) is 2.29. The fourth-order valence-electron chi connectivity index (χ4n) is 0.929. The van der Waals surface area contributed by atoms with Crippen LogP contribution in [0.2, 0.25) is 0 Å². The van der Waals surface area contributed by atoms with Gasteiger partial charge in [-0.15, -0.1) is 0 Å². The molecule has 0 aliphatic carbocycles. The Balaban J connectivity index is 2.94. The van der Waals surface area contributed by atoms with E-state index < -0.39 is 0 Å². The summed E-state index contributed by atoms with van der Waals surface area (Å²) in [7, 11) is 0. The molecule has 0 aromatic carbocycles. The molecule has 4 nitrogen and oxygen atoms in total. The van der Waals surface area contributed by atoms with E-state index in [0.717, 1.165) is 16.1 Å². The van der Waals surface area contributed by atoms with Gasteiger partial charge in [0, 0.05) is 0 Å². The Kier molecular flexibility index (Phi) is 1.41. The van der Waals surface area contributed by atoms with Crippen LogP contribution < -0.4 is 4.59 Å². The number of aromatic nitrogens is 4. The molecule has 0 saturated carbocycles. The standard InChI is InChI=1S/C6H6N4Se/c1-4-8-9-5-6(11)7-2-3-10(4)5/h2-3H,1H3,(H,7,11). The number of nitrogens with zero attached hydrogens (tertiary/aromatic N) is 4. The van der Waals surface area contributed by atoms with Gasteiger partial charge >= 0.3 is 71.0 Å². The molecule has 0 aliphatic heterocycles. The van der Waals surface area contributed by atoms with E-state index >= 15 is 0 Å². The third-order valence-corrected chi connectivity index (χ3v) is 2.14. The number of fused-ring (bicyclic) bond motifs is 1. The summed E-state index contributed by atoms with van der Waals surface area (Å²) in [6, 6.07) is 0. The van der Waals surface area contributed by atoms with E-state index in [0.29, 0.717) is 0 Å². The first-order chi connectivity index (χ1) is 5.29. The zero-order valence-electron chi connectivity index (χ0n) is 5.89. The van der Waals surface area contributed by atoms with Crippen molar-refractivity contribution < 1.29 is 0 Å². The number of hydrogen-bond acceptors (Lipinski definition) is 3. The molecule has 0 spiro atoms. The summed E-state index contributed by atoms with van der Waals surface area (Å²) >= 11 is 2.37. The Labute approximate surface area is 71.5 Å². The molecule has 2 aromatic heterocycles. The van der Waals surface area contributed by atoms with E-state index in [1.807, 2.05) is 17.5 Å². The third-order valence-electron chi connectivity index (χ3n) is 1.48. The van der Waals surface area contributed by atoms with Crippen molar-refractivity contribution in [2.75, 3.05) is 0 Å². The maximum absolute atomic E-state index is 4.07. The third kappa shape index (κ3) is 0.931. The van der Waals surface area contributed by atoms with Crippen molar-refractivity contribution in [2.24, 2.45) is 0 Å². The molecule has 5 heteroatoms. The van der Waals surface area contributed by atoms with Crippen LogP contribution in [0.25, 0.3) is 5.65 Å². The first-order valence-corrected chi connectivity index (χ1v) is 4.08. The molecule has 0 amide bonds. The Morgan fingerprint density at radius 3 is 3.00 bits per heavy atom. The van der Waals surface area contributed by atoms with E-state index in [1.54, 1.807) is 6.20 Å². The van der Waals surface area contributed by atoms with Gasteiger partial charge in [-0.1, -0.05) is 0 Å². The van der Waals surface area contributed by atoms with Gasteiger partial charge in [0.05, 0.1) is 0 Å². The Bertz CT molecular complexity index is 394. The molecule has 0 radical (unpaired) electrons. The predicted octanol–water partition coefficient (Wildman–Crippen LogP) is -1.04. The Morgan fingerprint density at radius 1 is 1.45 bits per heavy atom. The fraction of sp³-hybridized carbons (Fsp3) is 0.167. The van der Waals surface area contributed by atoms with Crippen molar-refractivity contribution in [3.8, 4) is 0 Å². The van der Waals surface area contributed by atoms with Crippen molar-refractivity contribution in [3.05, 3.63) is 18.2 Å².